The fourth-order valence-corrected chi connectivity index (χ4v) is 4.84. The van der Waals surface area contributed by atoms with Crippen LogP contribution in [0.4, 0.5) is 0 Å². The smallest absolute Gasteiger partial charge is 0.0930 e. The normalized spacial score (nSPS) is 13.0. The first-order chi connectivity index (χ1) is 7.56. The van der Waals surface area contributed by atoms with Crippen LogP contribution in [-0.4, -0.2) is 5.11 Å². The van der Waals surface area contributed by atoms with Crippen LogP contribution in [0.25, 0.3) is 0 Å². The third-order valence-corrected chi connectivity index (χ3v) is 7.09. The molecule has 2 aromatic heterocycles. The van der Waals surface area contributed by atoms with Crippen LogP contribution in [0.3, 0.4) is 0 Å². The Balaban J connectivity index is 2.11. The molecule has 2 rings (SSSR count). The van der Waals surface area contributed by atoms with E-state index in [1.807, 2.05) is 17.5 Å². The monoisotopic (exact) mass is 444 g/mol. The van der Waals surface area contributed by atoms with E-state index in [9.17, 15) is 5.11 Å². The highest BCUT2D eigenvalue weighted by atomic mass is 79.9. The van der Waals surface area contributed by atoms with Crippen molar-refractivity contribution in [1.29, 1.82) is 0 Å². The van der Waals surface area contributed by atoms with Crippen LogP contribution in [-0.2, 0) is 6.42 Å². The zero-order valence-electron chi connectivity index (χ0n) is 7.91. The summed E-state index contributed by atoms with van der Waals surface area (Å²) in [5, 5.41) is 12.1. The summed E-state index contributed by atoms with van der Waals surface area (Å²) in [7, 11) is 0. The number of aliphatic hydroxyl groups is 1. The van der Waals surface area contributed by atoms with E-state index < -0.39 is 6.10 Å². The Morgan fingerprint density at radius 2 is 2.00 bits per heavy atom. The Kier molecular flexibility index (Phi) is 4.66. The molecule has 16 heavy (non-hydrogen) atoms. The molecule has 0 aromatic carbocycles. The van der Waals surface area contributed by atoms with Gasteiger partial charge < -0.3 is 5.11 Å². The van der Waals surface area contributed by atoms with Gasteiger partial charge in [-0.15, -0.1) is 22.7 Å². The Morgan fingerprint density at radius 1 is 1.25 bits per heavy atom. The number of hydrogen-bond acceptors (Lipinski definition) is 3. The Hall–Kier alpha value is 0.800. The first-order valence-electron chi connectivity index (χ1n) is 4.42. The van der Waals surface area contributed by atoms with Crippen LogP contribution < -0.4 is 0 Å². The van der Waals surface area contributed by atoms with E-state index in [0.717, 1.165) is 17.6 Å². The molecule has 0 aliphatic carbocycles. The van der Waals surface area contributed by atoms with Crippen LogP contribution in [0, 0.1) is 0 Å². The third kappa shape index (κ3) is 3.17. The lowest BCUT2D eigenvalue weighted by atomic mass is 10.2. The number of aliphatic hydroxyl groups excluding tert-OH is 1. The van der Waals surface area contributed by atoms with Gasteiger partial charge in [-0.1, -0.05) is 0 Å². The highest BCUT2D eigenvalue weighted by Crippen LogP contribution is 2.37. The maximum absolute atomic E-state index is 10.1. The second-order valence-electron chi connectivity index (χ2n) is 3.22. The van der Waals surface area contributed by atoms with Crippen LogP contribution in [0.5, 0.6) is 0 Å². The SMILES string of the molecule is OC(Cc1cc(Br)cs1)c1cc(Br)c(Br)s1. The lowest BCUT2D eigenvalue weighted by Crippen LogP contribution is -1.97. The summed E-state index contributed by atoms with van der Waals surface area (Å²) < 4.78 is 3.10. The lowest BCUT2D eigenvalue weighted by Gasteiger charge is -2.05. The Labute approximate surface area is 127 Å². The van der Waals surface area contributed by atoms with Gasteiger partial charge in [0.2, 0.25) is 0 Å². The van der Waals surface area contributed by atoms with Gasteiger partial charge in [-0.05, 0) is 59.9 Å². The van der Waals surface area contributed by atoms with Crippen molar-refractivity contribution in [3.63, 3.8) is 0 Å². The average molecular weight is 447 g/mol. The predicted octanol–water partition coefficient (Wildman–Crippen LogP) is 5.37. The van der Waals surface area contributed by atoms with Crippen molar-refractivity contribution in [2.45, 2.75) is 12.5 Å². The number of rotatable bonds is 3. The summed E-state index contributed by atoms with van der Waals surface area (Å²) in [6, 6.07) is 4.01. The van der Waals surface area contributed by atoms with Gasteiger partial charge in [0.1, 0.15) is 0 Å². The molecule has 6 heteroatoms. The van der Waals surface area contributed by atoms with Crippen LogP contribution in [0.15, 0.2) is 30.2 Å². The van der Waals surface area contributed by atoms with Crippen LogP contribution >= 0.6 is 70.5 Å². The minimum Gasteiger partial charge on any atom is -0.387 e. The van der Waals surface area contributed by atoms with Crippen molar-refractivity contribution in [3.05, 3.63) is 40.0 Å². The van der Waals surface area contributed by atoms with E-state index in [0.29, 0.717) is 6.42 Å². The molecule has 1 N–H and O–H groups in total. The molecule has 0 amide bonds. The molecule has 1 unspecified atom stereocenters. The molecule has 0 aliphatic heterocycles. The van der Waals surface area contributed by atoms with Gasteiger partial charge in [-0.3, -0.25) is 0 Å². The van der Waals surface area contributed by atoms with Gasteiger partial charge in [0.25, 0.3) is 0 Å². The molecule has 0 fully saturated rings. The van der Waals surface area contributed by atoms with Crippen LogP contribution in [0.2, 0.25) is 0 Å². The Bertz CT molecular complexity index is 472. The minimum absolute atomic E-state index is 0.432. The van der Waals surface area contributed by atoms with Crippen molar-refractivity contribution < 1.29 is 5.11 Å². The average Bonchev–Trinajstić information content (AvgIpc) is 2.75. The number of halogens is 3. The van der Waals surface area contributed by atoms with Crippen molar-refractivity contribution in [1.82, 2.24) is 0 Å². The molecule has 1 atom stereocenters. The molecule has 0 aliphatic rings. The minimum atomic E-state index is -0.432. The molecule has 2 aromatic rings. The summed E-state index contributed by atoms with van der Waals surface area (Å²) in [6.07, 6.45) is 0.230. The molecule has 0 bridgehead atoms. The van der Waals surface area contributed by atoms with E-state index in [2.05, 4.69) is 47.8 Å². The van der Waals surface area contributed by atoms with Crippen molar-refractivity contribution in [2.75, 3.05) is 0 Å². The van der Waals surface area contributed by atoms with Gasteiger partial charge in [-0.2, -0.15) is 0 Å². The number of thiophene rings is 2. The molecule has 2 heterocycles. The molecule has 86 valence electrons. The summed E-state index contributed by atoms with van der Waals surface area (Å²) in [6.45, 7) is 0. The highest BCUT2D eigenvalue weighted by Gasteiger charge is 2.14. The van der Waals surface area contributed by atoms with Gasteiger partial charge in [0, 0.05) is 30.5 Å². The van der Waals surface area contributed by atoms with Crippen LogP contribution in [0.1, 0.15) is 15.9 Å². The Morgan fingerprint density at radius 3 is 2.50 bits per heavy atom. The first-order valence-corrected chi connectivity index (χ1v) is 8.49. The molecule has 0 saturated carbocycles. The standard InChI is InChI=1S/C10H7Br3OS2/c11-5-1-6(15-4-5)2-8(14)9-3-7(12)10(13)16-9/h1,3-4,8,14H,2H2. The summed E-state index contributed by atoms with van der Waals surface area (Å²) in [5.41, 5.74) is 0. The van der Waals surface area contributed by atoms with Crippen molar-refractivity contribution >= 4 is 70.5 Å². The molecule has 0 spiro atoms. The predicted molar refractivity (Wildman–Crippen MR) is 80.4 cm³/mol. The van der Waals surface area contributed by atoms with E-state index in [-0.39, 0.29) is 0 Å². The quantitative estimate of drug-likeness (QED) is 0.671. The number of hydrogen-bond donors (Lipinski definition) is 1. The summed E-state index contributed by atoms with van der Waals surface area (Å²) in [4.78, 5) is 2.16. The lowest BCUT2D eigenvalue weighted by molar-refractivity contribution is 0.183. The van der Waals surface area contributed by atoms with Gasteiger partial charge in [0.15, 0.2) is 0 Å². The topological polar surface area (TPSA) is 20.2 Å². The van der Waals surface area contributed by atoms with Gasteiger partial charge >= 0.3 is 0 Å². The second kappa shape index (κ2) is 5.63. The first kappa shape index (κ1) is 13.2. The zero-order chi connectivity index (χ0) is 11.7. The summed E-state index contributed by atoms with van der Waals surface area (Å²) in [5.74, 6) is 0. The van der Waals surface area contributed by atoms with Gasteiger partial charge in [-0.25, -0.2) is 0 Å². The van der Waals surface area contributed by atoms with E-state index >= 15 is 0 Å². The fraction of sp³-hybridized carbons (Fsp3) is 0.200. The molecule has 0 saturated heterocycles. The highest BCUT2D eigenvalue weighted by molar-refractivity contribution is 9.13. The van der Waals surface area contributed by atoms with E-state index in [1.54, 1.807) is 22.7 Å². The molecular weight excluding hydrogens is 440 g/mol. The second-order valence-corrected chi connectivity index (χ2v) is 8.39. The van der Waals surface area contributed by atoms with E-state index in [1.165, 1.54) is 4.88 Å². The molecule has 1 nitrogen and oxygen atoms in total. The fourth-order valence-electron chi connectivity index (χ4n) is 1.28. The maximum atomic E-state index is 10.1. The largest absolute Gasteiger partial charge is 0.387 e. The van der Waals surface area contributed by atoms with Gasteiger partial charge in [0.05, 0.1) is 9.89 Å². The van der Waals surface area contributed by atoms with Crippen molar-refractivity contribution in [2.24, 2.45) is 0 Å². The summed E-state index contributed by atoms with van der Waals surface area (Å²) >= 11 is 13.5. The molecule has 0 radical (unpaired) electrons. The maximum Gasteiger partial charge on any atom is 0.0930 e. The van der Waals surface area contributed by atoms with E-state index in [4.69, 9.17) is 0 Å². The molecular formula is C10H7Br3OS2. The third-order valence-electron chi connectivity index (χ3n) is 2.01. The van der Waals surface area contributed by atoms with Crippen molar-refractivity contribution in [3.8, 4) is 0 Å². The zero-order valence-corrected chi connectivity index (χ0v) is 14.3.